The number of carbonyl (C=O) groups is 1. The zero-order valence-electron chi connectivity index (χ0n) is 13.2. The fourth-order valence-electron chi connectivity index (χ4n) is 2.09. The number of hydrogen-bond donors (Lipinski definition) is 2. The summed E-state index contributed by atoms with van der Waals surface area (Å²) in [7, 11) is 0. The number of nitrogens with two attached hydrogens (primary N) is 1. The minimum absolute atomic E-state index is 0.172. The SMILES string of the molecule is Nc1cc(Cl)c(Cl)cc1NC=CC(=O)c1cnc(-c2ccc(Cl)cc2)s1. The molecule has 0 fully saturated rings. The van der Waals surface area contributed by atoms with E-state index < -0.39 is 0 Å². The molecule has 0 unspecified atom stereocenters. The molecule has 1 aromatic heterocycles. The van der Waals surface area contributed by atoms with Crippen molar-refractivity contribution < 1.29 is 4.79 Å². The first-order valence-corrected chi connectivity index (χ1v) is 9.33. The lowest BCUT2D eigenvalue weighted by atomic mass is 10.2. The molecule has 0 spiro atoms. The number of halogens is 3. The highest BCUT2D eigenvalue weighted by atomic mass is 35.5. The number of allylic oxidation sites excluding steroid dienone is 1. The molecule has 2 aromatic carbocycles. The summed E-state index contributed by atoms with van der Waals surface area (Å²) in [6.45, 7) is 0. The molecule has 1 heterocycles. The molecule has 0 atom stereocenters. The van der Waals surface area contributed by atoms with Crippen LogP contribution in [0.15, 0.2) is 54.9 Å². The molecular formula is C18H12Cl3N3OS. The van der Waals surface area contributed by atoms with Crippen LogP contribution < -0.4 is 11.1 Å². The molecule has 0 aliphatic heterocycles. The number of carbonyl (C=O) groups excluding carboxylic acids is 1. The molecule has 0 bridgehead atoms. The Hall–Kier alpha value is -2.05. The van der Waals surface area contributed by atoms with Gasteiger partial charge in [-0.15, -0.1) is 11.3 Å². The maximum absolute atomic E-state index is 12.3. The second-order valence-electron chi connectivity index (χ2n) is 5.23. The molecular weight excluding hydrogens is 413 g/mol. The zero-order chi connectivity index (χ0) is 18.7. The summed E-state index contributed by atoms with van der Waals surface area (Å²) in [5.74, 6) is -0.172. The van der Waals surface area contributed by atoms with Gasteiger partial charge in [-0.3, -0.25) is 4.79 Å². The molecule has 132 valence electrons. The predicted octanol–water partition coefficient (Wildman–Crippen LogP) is 6.16. The van der Waals surface area contributed by atoms with Gasteiger partial charge in [-0.1, -0.05) is 46.9 Å². The maximum Gasteiger partial charge on any atom is 0.198 e. The molecule has 0 saturated heterocycles. The van der Waals surface area contributed by atoms with Gasteiger partial charge in [-0.25, -0.2) is 4.98 Å². The van der Waals surface area contributed by atoms with E-state index in [0.29, 0.717) is 31.3 Å². The lowest BCUT2D eigenvalue weighted by Crippen LogP contribution is -1.97. The van der Waals surface area contributed by atoms with E-state index in [4.69, 9.17) is 40.5 Å². The van der Waals surface area contributed by atoms with E-state index in [1.807, 2.05) is 12.1 Å². The number of nitrogens with one attached hydrogen (secondary N) is 1. The number of benzene rings is 2. The van der Waals surface area contributed by atoms with Crippen molar-refractivity contribution >= 4 is 63.3 Å². The van der Waals surface area contributed by atoms with E-state index in [2.05, 4.69) is 10.3 Å². The Kier molecular flexibility index (Phi) is 5.84. The fraction of sp³-hybridized carbons (Fsp3) is 0. The zero-order valence-corrected chi connectivity index (χ0v) is 16.3. The van der Waals surface area contributed by atoms with Gasteiger partial charge in [0.2, 0.25) is 0 Å². The van der Waals surface area contributed by atoms with Gasteiger partial charge in [0.25, 0.3) is 0 Å². The molecule has 8 heteroatoms. The Morgan fingerprint density at radius 1 is 1.12 bits per heavy atom. The van der Waals surface area contributed by atoms with E-state index >= 15 is 0 Å². The first kappa shape index (κ1) is 18.7. The largest absolute Gasteiger partial charge is 0.397 e. The number of nitrogens with zero attached hydrogens (tertiary/aromatic N) is 1. The van der Waals surface area contributed by atoms with Crippen LogP contribution in [0.5, 0.6) is 0 Å². The van der Waals surface area contributed by atoms with Crippen LogP contribution in [0.2, 0.25) is 15.1 Å². The first-order valence-electron chi connectivity index (χ1n) is 7.38. The predicted molar refractivity (Wildman–Crippen MR) is 111 cm³/mol. The van der Waals surface area contributed by atoms with Crippen molar-refractivity contribution in [2.75, 3.05) is 11.1 Å². The van der Waals surface area contributed by atoms with Crippen molar-refractivity contribution in [1.82, 2.24) is 4.98 Å². The Labute approximate surface area is 169 Å². The van der Waals surface area contributed by atoms with Crippen molar-refractivity contribution in [3.63, 3.8) is 0 Å². The first-order chi connectivity index (χ1) is 12.4. The molecule has 26 heavy (non-hydrogen) atoms. The molecule has 0 saturated carbocycles. The maximum atomic E-state index is 12.3. The molecule has 0 aliphatic rings. The molecule has 0 radical (unpaired) electrons. The molecule has 3 rings (SSSR count). The number of ketones is 1. The second kappa shape index (κ2) is 8.10. The average molecular weight is 425 g/mol. The highest BCUT2D eigenvalue weighted by Crippen LogP contribution is 2.31. The van der Waals surface area contributed by atoms with Crippen molar-refractivity contribution in [1.29, 1.82) is 0 Å². The van der Waals surface area contributed by atoms with Crippen LogP contribution in [0.3, 0.4) is 0 Å². The summed E-state index contributed by atoms with van der Waals surface area (Å²) in [5, 5.41) is 5.07. The molecule has 0 aliphatic carbocycles. The van der Waals surface area contributed by atoms with Gasteiger partial charge in [0.05, 0.1) is 26.3 Å². The van der Waals surface area contributed by atoms with E-state index in [1.165, 1.54) is 23.6 Å². The van der Waals surface area contributed by atoms with Crippen LogP contribution in [0.25, 0.3) is 10.6 Å². The van der Waals surface area contributed by atoms with E-state index in [9.17, 15) is 4.79 Å². The van der Waals surface area contributed by atoms with Gasteiger partial charge < -0.3 is 11.1 Å². The van der Waals surface area contributed by atoms with Crippen LogP contribution >= 0.6 is 46.1 Å². The quantitative estimate of drug-likeness (QED) is 0.292. The number of aromatic nitrogens is 1. The van der Waals surface area contributed by atoms with E-state index in [-0.39, 0.29) is 5.78 Å². The number of thiazole rings is 1. The van der Waals surface area contributed by atoms with Crippen LogP contribution in [0.4, 0.5) is 11.4 Å². The summed E-state index contributed by atoms with van der Waals surface area (Å²) < 4.78 is 0. The molecule has 4 nitrogen and oxygen atoms in total. The van der Waals surface area contributed by atoms with E-state index in [0.717, 1.165) is 10.6 Å². The minimum atomic E-state index is -0.172. The Morgan fingerprint density at radius 3 is 2.54 bits per heavy atom. The fourth-order valence-corrected chi connectivity index (χ4v) is 3.39. The van der Waals surface area contributed by atoms with Crippen LogP contribution in [0.1, 0.15) is 9.67 Å². The smallest absolute Gasteiger partial charge is 0.198 e. The van der Waals surface area contributed by atoms with E-state index in [1.54, 1.807) is 30.5 Å². The van der Waals surface area contributed by atoms with Gasteiger partial charge in [-0.05, 0) is 24.3 Å². The molecule has 3 aromatic rings. The Balaban J connectivity index is 1.70. The highest BCUT2D eigenvalue weighted by molar-refractivity contribution is 7.17. The summed E-state index contributed by atoms with van der Waals surface area (Å²) >= 11 is 19.0. The van der Waals surface area contributed by atoms with Crippen LogP contribution in [-0.4, -0.2) is 10.8 Å². The van der Waals surface area contributed by atoms with Gasteiger partial charge in [0, 0.05) is 29.1 Å². The lowest BCUT2D eigenvalue weighted by Gasteiger charge is -2.06. The number of hydrogen-bond acceptors (Lipinski definition) is 5. The second-order valence-corrected chi connectivity index (χ2v) is 7.51. The molecule has 3 N–H and O–H groups in total. The van der Waals surface area contributed by atoms with Crippen molar-refractivity contribution in [3.05, 3.63) is 74.8 Å². The summed E-state index contributed by atoms with van der Waals surface area (Å²) in [5.41, 5.74) is 7.76. The molecule has 0 amide bonds. The highest BCUT2D eigenvalue weighted by Gasteiger charge is 2.10. The summed E-state index contributed by atoms with van der Waals surface area (Å²) in [6, 6.07) is 10.4. The van der Waals surface area contributed by atoms with Gasteiger partial charge in [0.15, 0.2) is 5.78 Å². The van der Waals surface area contributed by atoms with Crippen molar-refractivity contribution in [3.8, 4) is 10.6 Å². The average Bonchev–Trinajstić information content (AvgIpc) is 3.10. The van der Waals surface area contributed by atoms with Crippen molar-refractivity contribution in [2.24, 2.45) is 0 Å². The van der Waals surface area contributed by atoms with Gasteiger partial charge in [-0.2, -0.15) is 0 Å². The summed E-state index contributed by atoms with van der Waals surface area (Å²) in [4.78, 5) is 17.1. The third-order valence-corrected chi connectivity index (χ3v) is 5.44. The third kappa shape index (κ3) is 4.37. The monoisotopic (exact) mass is 423 g/mol. The number of nitrogen functional groups attached to an aromatic ring is 1. The normalized spacial score (nSPS) is 11.0. The van der Waals surface area contributed by atoms with Crippen LogP contribution in [-0.2, 0) is 0 Å². The van der Waals surface area contributed by atoms with Gasteiger partial charge in [0.1, 0.15) is 5.01 Å². The minimum Gasteiger partial charge on any atom is -0.397 e. The third-order valence-electron chi connectivity index (χ3n) is 3.41. The van der Waals surface area contributed by atoms with Crippen LogP contribution in [0, 0.1) is 0 Å². The summed E-state index contributed by atoms with van der Waals surface area (Å²) in [6.07, 6.45) is 4.45. The topological polar surface area (TPSA) is 68.0 Å². The number of rotatable bonds is 5. The Bertz CT molecular complexity index is 984. The number of anilines is 2. The Morgan fingerprint density at radius 2 is 1.81 bits per heavy atom. The standard InChI is InChI=1S/C18H12Cl3N3OS/c19-11-3-1-10(2-4-11)18-24-9-17(26-18)16(25)5-6-23-15-8-13(21)12(20)7-14(15)22/h1-9,23H,22H2. The van der Waals surface area contributed by atoms with Crippen molar-refractivity contribution in [2.45, 2.75) is 0 Å². The lowest BCUT2D eigenvalue weighted by molar-refractivity contribution is 0.105. The van der Waals surface area contributed by atoms with Gasteiger partial charge >= 0.3 is 0 Å².